The van der Waals surface area contributed by atoms with Gasteiger partial charge < -0.3 is 0 Å². The summed E-state index contributed by atoms with van der Waals surface area (Å²) >= 11 is 0. The van der Waals surface area contributed by atoms with E-state index < -0.39 is 0 Å². The second-order valence-corrected chi connectivity index (χ2v) is 11.0. The van der Waals surface area contributed by atoms with Crippen LogP contribution in [0.25, 0.3) is 0 Å². The molecule has 0 aromatic heterocycles. The van der Waals surface area contributed by atoms with E-state index in [1.807, 2.05) is 0 Å². The van der Waals surface area contributed by atoms with Gasteiger partial charge in [0, 0.05) is 0 Å². The maximum Gasteiger partial charge on any atom is -0.0162 e. The van der Waals surface area contributed by atoms with Crippen LogP contribution in [0.1, 0.15) is 105 Å². The van der Waals surface area contributed by atoms with E-state index in [0.717, 1.165) is 49.4 Å². The highest BCUT2D eigenvalue weighted by Gasteiger charge is 2.21. The Kier molecular flexibility index (Phi) is 8.65. The smallest absolute Gasteiger partial charge is 0.0162 e. The molecule has 0 radical (unpaired) electrons. The quantitative estimate of drug-likeness (QED) is 0.340. The molecule has 0 unspecified atom stereocenters. The minimum atomic E-state index is 0.741. The Morgan fingerprint density at radius 1 is 0.697 bits per heavy atom. The fraction of sp³-hybridized carbons (Fsp3) is 0.515. The third-order valence-corrected chi connectivity index (χ3v) is 8.56. The Bertz CT molecular complexity index is 869. The predicted molar refractivity (Wildman–Crippen MR) is 144 cm³/mol. The molecule has 0 N–H and O–H groups in total. The van der Waals surface area contributed by atoms with Crippen LogP contribution in [0.5, 0.6) is 0 Å². The highest BCUT2D eigenvalue weighted by atomic mass is 14.3. The standard InChI is InChI=1S/C33H44/c1-4-27-11-19-31(20-12-27)33-23-15-29(16-24-33)10-6-25(2)5-9-28-13-21-32(22-14-28)30-17-7-26(3)8-18-30/h4,13-16,21-24,26-27,30-31H,1-2,5-12,17-20H2,3H3. The van der Waals surface area contributed by atoms with Gasteiger partial charge in [-0.1, -0.05) is 86.5 Å². The van der Waals surface area contributed by atoms with Gasteiger partial charge in [0.15, 0.2) is 0 Å². The van der Waals surface area contributed by atoms with Crippen molar-refractivity contribution in [3.8, 4) is 0 Å². The summed E-state index contributed by atoms with van der Waals surface area (Å²) in [7, 11) is 0. The monoisotopic (exact) mass is 440 g/mol. The lowest BCUT2D eigenvalue weighted by Crippen LogP contribution is -2.11. The number of benzene rings is 2. The van der Waals surface area contributed by atoms with E-state index in [2.05, 4.69) is 74.7 Å². The Balaban J connectivity index is 1.18. The number of hydrogen-bond donors (Lipinski definition) is 0. The molecule has 2 fully saturated rings. The van der Waals surface area contributed by atoms with E-state index >= 15 is 0 Å². The molecule has 0 atom stereocenters. The van der Waals surface area contributed by atoms with Crippen molar-refractivity contribution in [1.82, 2.24) is 0 Å². The van der Waals surface area contributed by atoms with Gasteiger partial charge in [0.25, 0.3) is 0 Å². The van der Waals surface area contributed by atoms with Crippen LogP contribution in [0.2, 0.25) is 0 Å². The molecule has 2 aromatic rings. The van der Waals surface area contributed by atoms with Gasteiger partial charge in [0.05, 0.1) is 0 Å². The zero-order valence-corrected chi connectivity index (χ0v) is 20.9. The Morgan fingerprint density at radius 2 is 1.12 bits per heavy atom. The summed E-state index contributed by atoms with van der Waals surface area (Å²) in [6.07, 6.45) is 17.3. The molecule has 0 heterocycles. The van der Waals surface area contributed by atoms with Crippen molar-refractivity contribution in [1.29, 1.82) is 0 Å². The number of hydrogen-bond acceptors (Lipinski definition) is 0. The third kappa shape index (κ3) is 6.95. The molecule has 33 heavy (non-hydrogen) atoms. The molecular weight excluding hydrogens is 396 g/mol. The molecule has 2 saturated carbocycles. The second kappa shape index (κ2) is 11.9. The van der Waals surface area contributed by atoms with Gasteiger partial charge in [-0.3, -0.25) is 0 Å². The predicted octanol–water partition coefficient (Wildman–Crippen LogP) is 9.56. The van der Waals surface area contributed by atoms with Crippen LogP contribution in [0.4, 0.5) is 0 Å². The summed E-state index contributed by atoms with van der Waals surface area (Å²) in [4.78, 5) is 0. The van der Waals surface area contributed by atoms with Crippen LogP contribution >= 0.6 is 0 Å². The van der Waals surface area contributed by atoms with Crippen LogP contribution in [-0.4, -0.2) is 0 Å². The van der Waals surface area contributed by atoms with Crippen molar-refractivity contribution >= 4 is 0 Å². The first-order valence-corrected chi connectivity index (χ1v) is 13.6. The molecular formula is C33H44. The molecule has 2 aliphatic carbocycles. The molecule has 0 amide bonds. The lowest BCUT2D eigenvalue weighted by Gasteiger charge is -2.27. The van der Waals surface area contributed by atoms with Crippen molar-refractivity contribution in [2.45, 2.75) is 95.8 Å². The van der Waals surface area contributed by atoms with Crippen molar-refractivity contribution in [2.24, 2.45) is 11.8 Å². The summed E-state index contributed by atoms with van der Waals surface area (Å²) in [6, 6.07) is 19.0. The Morgan fingerprint density at radius 3 is 1.55 bits per heavy atom. The number of rotatable bonds is 9. The fourth-order valence-electron chi connectivity index (χ4n) is 5.96. The van der Waals surface area contributed by atoms with Gasteiger partial charge in [-0.15, -0.1) is 6.58 Å². The van der Waals surface area contributed by atoms with Crippen molar-refractivity contribution in [2.75, 3.05) is 0 Å². The fourth-order valence-corrected chi connectivity index (χ4v) is 5.96. The van der Waals surface area contributed by atoms with Crippen LogP contribution in [0, 0.1) is 11.8 Å². The second-order valence-electron chi connectivity index (χ2n) is 11.0. The maximum absolute atomic E-state index is 4.38. The van der Waals surface area contributed by atoms with Crippen molar-refractivity contribution in [3.05, 3.63) is 95.6 Å². The lowest BCUT2D eigenvalue weighted by molar-refractivity contribution is 0.348. The summed E-state index contributed by atoms with van der Waals surface area (Å²) in [5.74, 6) is 3.20. The van der Waals surface area contributed by atoms with E-state index in [1.165, 1.54) is 73.6 Å². The molecule has 2 aromatic carbocycles. The lowest BCUT2D eigenvalue weighted by atomic mass is 9.78. The average Bonchev–Trinajstić information content (AvgIpc) is 2.87. The van der Waals surface area contributed by atoms with Crippen LogP contribution in [0.15, 0.2) is 73.3 Å². The SMILES string of the molecule is C=CC1CCC(c2ccc(CCC(=C)CCc3ccc(C4CCC(C)CC4)cc3)cc2)CC1. The minimum Gasteiger partial charge on any atom is -0.103 e. The highest BCUT2D eigenvalue weighted by Crippen LogP contribution is 2.37. The molecule has 0 bridgehead atoms. The van der Waals surface area contributed by atoms with Gasteiger partial charge in [-0.05, 0) is 110 Å². The van der Waals surface area contributed by atoms with Gasteiger partial charge in [-0.2, -0.15) is 0 Å². The van der Waals surface area contributed by atoms with Crippen LogP contribution in [0.3, 0.4) is 0 Å². The average molecular weight is 441 g/mol. The molecule has 0 heteroatoms. The minimum absolute atomic E-state index is 0.741. The van der Waals surface area contributed by atoms with Crippen LogP contribution in [-0.2, 0) is 12.8 Å². The molecule has 2 aliphatic rings. The largest absolute Gasteiger partial charge is 0.103 e. The molecule has 0 saturated heterocycles. The maximum atomic E-state index is 4.38. The summed E-state index contributed by atoms with van der Waals surface area (Å²) in [6.45, 7) is 10.8. The van der Waals surface area contributed by atoms with E-state index in [1.54, 1.807) is 5.56 Å². The van der Waals surface area contributed by atoms with E-state index in [4.69, 9.17) is 0 Å². The third-order valence-electron chi connectivity index (χ3n) is 8.56. The molecule has 4 rings (SSSR count). The zero-order chi connectivity index (χ0) is 23.0. The highest BCUT2D eigenvalue weighted by molar-refractivity contribution is 5.28. The summed E-state index contributed by atoms with van der Waals surface area (Å²) < 4.78 is 0. The molecule has 0 aliphatic heterocycles. The van der Waals surface area contributed by atoms with Gasteiger partial charge in [0.2, 0.25) is 0 Å². The van der Waals surface area contributed by atoms with E-state index in [0.29, 0.717) is 0 Å². The zero-order valence-electron chi connectivity index (χ0n) is 20.9. The van der Waals surface area contributed by atoms with Gasteiger partial charge in [-0.25, -0.2) is 0 Å². The molecule has 0 spiro atoms. The van der Waals surface area contributed by atoms with Gasteiger partial charge in [0.1, 0.15) is 0 Å². The molecule has 0 nitrogen and oxygen atoms in total. The first kappa shape index (κ1) is 24.1. The normalized spacial score (nSPS) is 25.5. The van der Waals surface area contributed by atoms with E-state index in [9.17, 15) is 0 Å². The summed E-state index contributed by atoms with van der Waals surface area (Å²) in [5, 5.41) is 0. The van der Waals surface area contributed by atoms with E-state index in [-0.39, 0.29) is 0 Å². The number of aryl methyl sites for hydroxylation is 2. The summed E-state index contributed by atoms with van der Waals surface area (Å²) in [5.41, 5.74) is 7.38. The Labute approximate surface area is 203 Å². The Hall–Kier alpha value is -2.08. The van der Waals surface area contributed by atoms with Crippen molar-refractivity contribution in [3.63, 3.8) is 0 Å². The van der Waals surface area contributed by atoms with Crippen molar-refractivity contribution < 1.29 is 0 Å². The number of allylic oxidation sites excluding steroid dienone is 2. The first-order valence-electron chi connectivity index (χ1n) is 13.6. The first-order chi connectivity index (χ1) is 16.1. The van der Waals surface area contributed by atoms with Crippen LogP contribution < -0.4 is 0 Å². The molecule has 176 valence electrons. The van der Waals surface area contributed by atoms with Gasteiger partial charge >= 0.3 is 0 Å². The topological polar surface area (TPSA) is 0 Å².